The Balaban J connectivity index is 1.94. The van der Waals surface area contributed by atoms with Gasteiger partial charge in [0.05, 0.1) is 0 Å². The van der Waals surface area contributed by atoms with Crippen molar-refractivity contribution in [2.24, 2.45) is 0 Å². The van der Waals surface area contributed by atoms with Crippen molar-refractivity contribution in [1.82, 2.24) is 9.29 Å². The first-order valence-corrected chi connectivity index (χ1v) is 9.56. The first-order chi connectivity index (χ1) is 11.5. The number of thiophene rings is 1. The van der Waals surface area contributed by atoms with Crippen molar-refractivity contribution in [2.45, 2.75) is 11.3 Å². The van der Waals surface area contributed by atoms with Gasteiger partial charge in [-0.05, 0) is 30.2 Å². The third-order valence-corrected chi connectivity index (χ3v) is 6.93. The zero-order chi connectivity index (χ0) is 17.2. The molecule has 5 nitrogen and oxygen atoms in total. The average molecular weight is 357 g/mol. The minimum atomic E-state index is -3.73. The Morgan fingerprint density at radius 3 is 2.62 bits per heavy atom. The van der Waals surface area contributed by atoms with Crippen molar-refractivity contribution in [1.29, 1.82) is 5.26 Å². The molecule has 3 aromatic rings. The zero-order valence-corrected chi connectivity index (χ0v) is 14.6. The van der Waals surface area contributed by atoms with Gasteiger partial charge < -0.3 is 0 Å². The number of aromatic nitrogens is 1. The van der Waals surface area contributed by atoms with Gasteiger partial charge in [0.15, 0.2) is 0 Å². The predicted octanol–water partition coefficient (Wildman–Crippen LogP) is 3.03. The number of rotatable bonds is 5. The number of nitrogens with zero attached hydrogens (tertiary/aromatic N) is 3. The monoisotopic (exact) mass is 357 g/mol. The van der Waals surface area contributed by atoms with Crippen LogP contribution in [0.1, 0.15) is 10.4 Å². The van der Waals surface area contributed by atoms with Crippen LogP contribution in [0, 0.1) is 11.3 Å². The molecule has 24 heavy (non-hydrogen) atoms. The van der Waals surface area contributed by atoms with Gasteiger partial charge in [-0.3, -0.25) is 4.98 Å². The molecule has 122 valence electrons. The van der Waals surface area contributed by atoms with E-state index in [1.807, 2.05) is 30.3 Å². The van der Waals surface area contributed by atoms with Crippen LogP contribution in [-0.2, 0) is 16.4 Å². The van der Waals surface area contributed by atoms with Crippen LogP contribution in [-0.4, -0.2) is 31.3 Å². The Bertz CT molecular complexity index is 1010. The molecule has 1 aromatic carbocycles. The highest BCUT2D eigenvalue weighted by Gasteiger charge is 2.28. The van der Waals surface area contributed by atoms with E-state index in [1.165, 1.54) is 15.6 Å². The second kappa shape index (κ2) is 6.69. The second-order valence-electron chi connectivity index (χ2n) is 5.30. The molecule has 0 amide bonds. The van der Waals surface area contributed by atoms with Crippen LogP contribution in [0.25, 0.3) is 10.1 Å². The van der Waals surface area contributed by atoms with Crippen molar-refractivity contribution in [2.75, 3.05) is 13.6 Å². The van der Waals surface area contributed by atoms with Gasteiger partial charge in [0.1, 0.15) is 15.8 Å². The van der Waals surface area contributed by atoms with Crippen LogP contribution in [0.15, 0.2) is 53.7 Å². The van der Waals surface area contributed by atoms with E-state index < -0.39 is 10.0 Å². The third-order valence-electron chi connectivity index (χ3n) is 3.78. The molecule has 0 bridgehead atoms. The maximum Gasteiger partial charge on any atom is 0.245 e. The summed E-state index contributed by atoms with van der Waals surface area (Å²) >= 11 is 1.21. The first-order valence-electron chi connectivity index (χ1n) is 7.31. The summed E-state index contributed by atoms with van der Waals surface area (Å²) in [5.74, 6) is 0. The maximum absolute atomic E-state index is 13.0. The van der Waals surface area contributed by atoms with Gasteiger partial charge in [-0.15, -0.1) is 11.3 Å². The fourth-order valence-corrected chi connectivity index (χ4v) is 5.24. The van der Waals surface area contributed by atoms with Crippen LogP contribution < -0.4 is 0 Å². The summed E-state index contributed by atoms with van der Waals surface area (Å²) in [5.41, 5.74) is 1.02. The van der Waals surface area contributed by atoms with Gasteiger partial charge in [0.25, 0.3) is 0 Å². The van der Waals surface area contributed by atoms with Crippen molar-refractivity contribution < 1.29 is 8.42 Å². The summed E-state index contributed by atoms with van der Waals surface area (Å²) in [6.07, 6.45) is 3.95. The summed E-state index contributed by atoms with van der Waals surface area (Å²) in [7, 11) is -2.18. The highest BCUT2D eigenvalue weighted by Crippen LogP contribution is 2.35. The lowest BCUT2D eigenvalue weighted by molar-refractivity contribution is 0.473. The van der Waals surface area contributed by atoms with Crippen molar-refractivity contribution in [3.05, 3.63) is 59.2 Å². The number of benzene rings is 1. The Kier molecular flexibility index (Phi) is 4.62. The molecule has 0 fully saturated rings. The van der Waals surface area contributed by atoms with E-state index in [-0.39, 0.29) is 9.77 Å². The summed E-state index contributed by atoms with van der Waals surface area (Å²) in [6, 6.07) is 12.9. The topological polar surface area (TPSA) is 74.1 Å². The van der Waals surface area contributed by atoms with Crippen LogP contribution in [0.4, 0.5) is 0 Å². The predicted molar refractivity (Wildman–Crippen MR) is 94.3 cm³/mol. The van der Waals surface area contributed by atoms with Crippen LogP contribution in [0.2, 0.25) is 0 Å². The molecule has 0 aliphatic heterocycles. The molecule has 0 aliphatic rings. The van der Waals surface area contributed by atoms with Crippen molar-refractivity contribution >= 4 is 31.4 Å². The number of hydrogen-bond donors (Lipinski definition) is 0. The smallest absolute Gasteiger partial charge is 0.245 e. The molecule has 7 heteroatoms. The van der Waals surface area contributed by atoms with Crippen molar-refractivity contribution in [3.8, 4) is 6.07 Å². The number of fused-ring (bicyclic) bond motifs is 1. The summed E-state index contributed by atoms with van der Waals surface area (Å²) in [5, 5.41) is 9.95. The number of hydrogen-bond acceptors (Lipinski definition) is 5. The minimum Gasteiger partial charge on any atom is -0.265 e. The lowest BCUT2D eigenvalue weighted by Crippen LogP contribution is -2.29. The molecule has 0 unspecified atom stereocenters. The number of likely N-dealkylation sites (N-methyl/N-ethyl adjacent to an activating group) is 1. The largest absolute Gasteiger partial charge is 0.265 e. The van der Waals surface area contributed by atoms with Gasteiger partial charge >= 0.3 is 0 Å². The molecule has 0 atom stereocenters. The van der Waals surface area contributed by atoms with E-state index in [1.54, 1.807) is 31.6 Å². The third kappa shape index (κ3) is 3.04. The molecule has 0 radical (unpaired) electrons. The Morgan fingerprint density at radius 2 is 1.92 bits per heavy atom. The van der Waals surface area contributed by atoms with E-state index in [4.69, 9.17) is 0 Å². The Labute approximate surface area is 144 Å². The number of pyridine rings is 1. The maximum atomic E-state index is 13.0. The molecular weight excluding hydrogens is 342 g/mol. The number of nitriles is 1. The van der Waals surface area contributed by atoms with Crippen LogP contribution >= 0.6 is 11.3 Å². The molecule has 0 saturated heterocycles. The molecule has 0 spiro atoms. The Hall–Kier alpha value is -2.27. The normalized spacial score (nSPS) is 11.7. The van der Waals surface area contributed by atoms with Gasteiger partial charge in [-0.2, -0.15) is 5.26 Å². The summed E-state index contributed by atoms with van der Waals surface area (Å²) in [6.45, 7) is 0.335. The fraction of sp³-hybridized carbons (Fsp3) is 0.176. The molecule has 0 N–H and O–H groups in total. The molecule has 2 heterocycles. The lowest BCUT2D eigenvalue weighted by atomic mass is 10.2. The van der Waals surface area contributed by atoms with E-state index >= 15 is 0 Å². The fourth-order valence-electron chi connectivity index (χ4n) is 2.46. The molecule has 0 aliphatic carbocycles. The highest BCUT2D eigenvalue weighted by molar-refractivity contribution is 7.89. The molecule has 2 aromatic heterocycles. The first kappa shape index (κ1) is 16.6. The number of sulfonamides is 1. The van der Waals surface area contributed by atoms with Gasteiger partial charge in [0, 0.05) is 36.1 Å². The van der Waals surface area contributed by atoms with Crippen molar-refractivity contribution in [3.63, 3.8) is 0 Å². The Morgan fingerprint density at radius 1 is 1.21 bits per heavy atom. The second-order valence-corrected chi connectivity index (χ2v) is 8.33. The van der Waals surface area contributed by atoms with Gasteiger partial charge in [0.2, 0.25) is 10.0 Å². The standard InChI is InChI=1S/C17H15N3O2S2/c1-20(11-8-13-6-9-19-10-7-13)24(21,22)17-14-4-2-3-5-15(14)23-16(17)12-18/h2-7,9-10H,8,11H2,1H3. The summed E-state index contributed by atoms with van der Waals surface area (Å²) in [4.78, 5) is 4.29. The SMILES string of the molecule is CN(CCc1ccncc1)S(=O)(=O)c1c(C#N)sc2ccccc12. The van der Waals surface area contributed by atoms with E-state index in [9.17, 15) is 13.7 Å². The van der Waals surface area contributed by atoms with Crippen LogP contribution in [0.3, 0.4) is 0 Å². The van der Waals surface area contributed by atoms with Crippen LogP contribution in [0.5, 0.6) is 0 Å². The van der Waals surface area contributed by atoms with Gasteiger partial charge in [-0.25, -0.2) is 12.7 Å². The minimum absolute atomic E-state index is 0.114. The highest BCUT2D eigenvalue weighted by atomic mass is 32.2. The van der Waals surface area contributed by atoms with E-state index in [0.717, 1.165) is 10.3 Å². The molecule has 0 saturated carbocycles. The molecular formula is C17H15N3O2S2. The lowest BCUT2D eigenvalue weighted by Gasteiger charge is -2.17. The molecule has 3 rings (SSSR count). The average Bonchev–Trinajstić information content (AvgIpc) is 2.99. The van der Waals surface area contributed by atoms with E-state index in [0.29, 0.717) is 18.4 Å². The summed E-state index contributed by atoms with van der Waals surface area (Å²) < 4.78 is 28.1. The van der Waals surface area contributed by atoms with Gasteiger partial charge in [-0.1, -0.05) is 18.2 Å². The van der Waals surface area contributed by atoms with E-state index in [2.05, 4.69) is 4.98 Å². The quantitative estimate of drug-likeness (QED) is 0.703. The zero-order valence-electron chi connectivity index (χ0n) is 13.0.